The van der Waals surface area contributed by atoms with E-state index in [1.54, 1.807) is 0 Å². The van der Waals surface area contributed by atoms with Gasteiger partial charge >= 0.3 is 0 Å². The minimum atomic E-state index is 0.588. The average Bonchev–Trinajstić information content (AvgIpc) is 2.61. The highest BCUT2D eigenvalue weighted by molar-refractivity contribution is 5.02. The lowest BCUT2D eigenvalue weighted by molar-refractivity contribution is 0.368. The van der Waals surface area contributed by atoms with Gasteiger partial charge in [0.05, 0.1) is 0 Å². The molecule has 2 aliphatic rings. The van der Waals surface area contributed by atoms with Crippen LogP contribution in [0.1, 0.15) is 33.1 Å². The topological polar surface area (TPSA) is 24.1 Å². The Kier molecular flexibility index (Phi) is 2.13. The molecule has 1 saturated heterocycles. The van der Waals surface area contributed by atoms with Gasteiger partial charge in [0.15, 0.2) is 0 Å². The molecular weight excluding hydrogens is 148 g/mol. The predicted molar refractivity (Wildman–Crippen MR) is 51.2 cm³/mol. The summed E-state index contributed by atoms with van der Waals surface area (Å²) in [4.78, 5) is 0. The van der Waals surface area contributed by atoms with Crippen LogP contribution in [0.15, 0.2) is 0 Å². The molecule has 0 bridgehead atoms. The zero-order chi connectivity index (χ0) is 8.60. The Balaban J connectivity index is 1.73. The lowest BCUT2D eigenvalue weighted by atomic mass is 10.1. The van der Waals surface area contributed by atoms with Crippen molar-refractivity contribution in [1.29, 1.82) is 0 Å². The second-order valence-corrected chi connectivity index (χ2v) is 4.94. The van der Waals surface area contributed by atoms with Crippen LogP contribution in [0.4, 0.5) is 0 Å². The maximum atomic E-state index is 3.74. The molecule has 1 saturated carbocycles. The van der Waals surface area contributed by atoms with Crippen LogP contribution < -0.4 is 10.6 Å². The summed E-state index contributed by atoms with van der Waals surface area (Å²) >= 11 is 0. The molecule has 2 rings (SSSR count). The van der Waals surface area contributed by atoms with Crippen LogP contribution in [0.2, 0.25) is 0 Å². The van der Waals surface area contributed by atoms with Crippen LogP contribution in [-0.2, 0) is 0 Å². The number of nitrogens with one attached hydrogen (secondary N) is 2. The zero-order valence-corrected chi connectivity index (χ0v) is 8.19. The molecule has 0 radical (unpaired) electrons. The first-order chi connectivity index (χ1) is 5.68. The highest BCUT2D eigenvalue weighted by Crippen LogP contribution is 2.45. The molecule has 0 aromatic carbocycles. The molecule has 2 fully saturated rings. The molecule has 0 aromatic rings. The van der Waals surface area contributed by atoms with E-state index in [0.717, 1.165) is 12.1 Å². The molecule has 70 valence electrons. The van der Waals surface area contributed by atoms with Crippen molar-refractivity contribution in [3.05, 3.63) is 0 Å². The van der Waals surface area contributed by atoms with Crippen LogP contribution in [0.5, 0.6) is 0 Å². The summed E-state index contributed by atoms with van der Waals surface area (Å²) in [5.41, 5.74) is 0.588. The first kappa shape index (κ1) is 8.52. The van der Waals surface area contributed by atoms with Crippen LogP contribution >= 0.6 is 0 Å². The Morgan fingerprint density at radius 1 is 1.25 bits per heavy atom. The van der Waals surface area contributed by atoms with Crippen molar-refractivity contribution >= 4 is 0 Å². The third kappa shape index (κ3) is 1.80. The quantitative estimate of drug-likeness (QED) is 0.646. The minimum absolute atomic E-state index is 0.588. The molecule has 12 heavy (non-hydrogen) atoms. The van der Waals surface area contributed by atoms with Crippen molar-refractivity contribution in [3.63, 3.8) is 0 Å². The van der Waals surface area contributed by atoms with E-state index in [0.29, 0.717) is 5.41 Å². The Morgan fingerprint density at radius 2 is 1.83 bits per heavy atom. The van der Waals surface area contributed by atoms with E-state index in [4.69, 9.17) is 0 Å². The van der Waals surface area contributed by atoms with Crippen LogP contribution in [0, 0.1) is 5.41 Å². The van der Waals surface area contributed by atoms with Crippen LogP contribution in [-0.4, -0.2) is 25.2 Å². The highest BCUT2D eigenvalue weighted by Gasteiger charge is 2.46. The molecule has 0 aromatic heterocycles. The summed E-state index contributed by atoms with van der Waals surface area (Å²) in [6.45, 7) is 7.10. The molecule has 0 amide bonds. The van der Waals surface area contributed by atoms with Crippen molar-refractivity contribution in [1.82, 2.24) is 10.6 Å². The fraction of sp³-hybridized carbons (Fsp3) is 1.00. The summed E-state index contributed by atoms with van der Waals surface area (Å²) in [6.07, 6.45) is 4.00. The number of hydrogen-bond donors (Lipinski definition) is 2. The Labute approximate surface area is 75.1 Å². The summed E-state index contributed by atoms with van der Waals surface area (Å²) in [7, 11) is 0. The van der Waals surface area contributed by atoms with E-state index in [1.165, 1.54) is 32.4 Å². The lowest BCUT2D eigenvalue weighted by Crippen LogP contribution is -2.41. The molecule has 2 heteroatoms. The molecule has 1 aliphatic heterocycles. The molecule has 2 N–H and O–H groups in total. The van der Waals surface area contributed by atoms with Gasteiger partial charge in [0.2, 0.25) is 0 Å². The van der Waals surface area contributed by atoms with E-state index in [9.17, 15) is 0 Å². The number of hydrogen-bond acceptors (Lipinski definition) is 2. The molecule has 2 nitrogen and oxygen atoms in total. The van der Waals surface area contributed by atoms with Crippen LogP contribution in [0.3, 0.4) is 0 Å². The van der Waals surface area contributed by atoms with Crippen molar-refractivity contribution in [3.8, 4) is 0 Å². The largest absolute Gasteiger partial charge is 0.317 e. The molecule has 1 unspecified atom stereocenters. The van der Waals surface area contributed by atoms with Crippen molar-refractivity contribution in [2.24, 2.45) is 5.41 Å². The van der Waals surface area contributed by atoms with Gasteiger partial charge in [-0.3, -0.25) is 0 Å². The fourth-order valence-corrected chi connectivity index (χ4v) is 2.02. The maximum Gasteiger partial charge on any atom is 0.0127 e. The second-order valence-electron chi connectivity index (χ2n) is 4.94. The van der Waals surface area contributed by atoms with E-state index < -0.39 is 0 Å². The number of rotatable bonds is 2. The summed E-state index contributed by atoms with van der Waals surface area (Å²) in [5, 5.41) is 7.13. The Bertz CT molecular complexity index is 159. The number of piperidine rings is 1. The third-order valence-electron chi connectivity index (χ3n) is 3.29. The molecular formula is C10H20N2. The summed E-state index contributed by atoms with van der Waals surface area (Å²) in [5.74, 6) is 0. The van der Waals surface area contributed by atoms with Crippen molar-refractivity contribution in [2.75, 3.05) is 13.1 Å². The standard InChI is InChI=1S/C10H20N2/c1-10(2)7-9(10)12-8-3-5-11-6-4-8/h8-9,11-12H,3-7H2,1-2H3. The zero-order valence-electron chi connectivity index (χ0n) is 8.19. The lowest BCUT2D eigenvalue weighted by Gasteiger charge is -2.24. The van der Waals surface area contributed by atoms with Crippen LogP contribution in [0.25, 0.3) is 0 Å². The van der Waals surface area contributed by atoms with E-state index in [-0.39, 0.29) is 0 Å². The third-order valence-corrected chi connectivity index (χ3v) is 3.29. The van der Waals surface area contributed by atoms with Gasteiger partial charge in [-0.2, -0.15) is 0 Å². The summed E-state index contributed by atoms with van der Waals surface area (Å²) < 4.78 is 0. The monoisotopic (exact) mass is 168 g/mol. The normalized spacial score (nSPS) is 35.0. The Morgan fingerprint density at radius 3 is 2.33 bits per heavy atom. The maximum absolute atomic E-state index is 3.74. The first-order valence-electron chi connectivity index (χ1n) is 5.15. The van der Waals surface area contributed by atoms with Gasteiger partial charge in [0.1, 0.15) is 0 Å². The minimum Gasteiger partial charge on any atom is -0.317 e. The van der Waals surface area contributed by atoms with Crippen molar-refractivity contribution < 1.29 is 0 Å². The van der Waals surface area contributed by atoms with E-state index in [2.05, 4.69) is 24.5 Å². The fourth-order valence-electron chi connectivity index (χ4n) is 2.02. The molecule has 1 aliphatic carbocycles. The van der Waals surface area contributed by atoms with Gasteiger partial charge in [-0.15, -0.1) is 0 Å². The molecule has 0 spiro atoms. The average molecular weight is 168 g/mol. The van der Waals surface area contributed by atoms with Gasteiger partial charge in [-0.1, -0.05) is 13.8 Å². The molecule has 1 atom stereocenters. The van der Waals surface area contributed by atoms with Gasteiger partial charge in [-0.05, 0) is 37.8 Å². The van der Waals surface area contributed by atoms with Gasteiger partial charge < -0.3 is 10.6 Å². The smallest absolute Gasteiger partial charge is 0.0127 e. The highest BCUT2D eigenvalue weighted by atomic mass is 15.0. The second kappa shape index (κ2) is 3.00. The Hall–Kier alpha value is -0.0800. The van der Waals surface area contributed by atoms with Gasteiger partial charge in [0.25, 0.3) is 0 Å². The van der Waals surface area contributed by atoms with E-state index >= 15 is 0 Å². The molecule has 1 heterocycles. The first-order valence-corrected chi connectivity index (χ1v) is 5.15. The van der Waals surface area contributed by atoms with Gasteiger partial charge in [0, 0.05) is 12.1 Å². The van der Waals surface area contributed by atoms with Crippen molar-refractivity contribution in [2.45, 2.75) is 45.2 Å². The predicted octanol–water partition coefficient (Wildman–Crippen LogP) is 1.13. The SMILES string of the molecule is CC1(C)CC1NC1CCNCC1. The van der Waals surface area contributed by atoms with Gasteiger partial charge in [-0.25, -0.2) is 0 Å². The summed E-state index contributed by atoms with van der Waals surface area (Å²) in [6, 6.07) is 1.60. The van der Waals surface area contributed by atoms with E-state index in [1.807, 2.05) is 0 Å².